The highest BCUT2D eigenvalue weighted by molar-refractivity contribution is 7.89. The lowest BCUT2D eigenvalue weighted by atomic mass is 10.2. The molecular weight excluding hydrogens is 356 g/mol. The standard InChI is InChI=1S/C17H22N4O4S/c1-24-16-6-5-14(9-17(16)25-2)26(22,23)20-8-7-13(10-20)21-11-15(18-19-21)12-3-4-12/h5-6,9,11-13H,3-4,7-8,10H2,1-2H3. The summed E-state index contributed by atoms with van der Waals surface area (Å²) in [5.41, 5.74) is 1.02. The van der Waals surface area contributed by atoms with Gasteiger partial charge in [-0.15, -0.1) is 5.10 Å². The molecule has 26 heavy (non-hydrogen) atoms. The van der Waals surface area contributed by atoms with Crippen molar-refractivity contribution in [3.05, 3.63) is 30.1 Å². The van der Waals surface area contributed by atoms with Crippen molar-refractivity contribution in [2.24, 2.45) is 0 Å². The number of benzene rings is 1. The monoisotopic (exact) mass is 378 g/mol. The van der Waals surface area contributed by atoms with Crippen LogP contribution in [0.15, 0.2) is 29.3 Å². The van der Waals surface area contributed by atoms with E-state index in [0.717, 1.165) is 12.1 Å². The Kier molecular flexibility index (Phi) is 4.36. The lowest BCUT2D eigenvalue weighted by Crippen LogP contribution is -2.29. The van der Waals surface area contributed by atoms with Crippen molar-refractivity contribution < 1.29 is 17.9 Å². The van der Waals surface area contributed by atoms with Gasteiger partial charge in [0.25, 0.3) is 0 Å². The molecule has 0 bridgehead atoms. The van der Waals surface area contributed by atoms with E-state index in [4.69, 9.17) is 9.47 Å². The van der Waals surface area contributed by atoms with Crippen molar-refractivity contribution in [3.8, 4) is 11.5 Å². The Labute approximate surface area is 152 Å². The van der Waals surface area contributed by atoms with Gasteiger partial charge in [0.15, 0.2) is 11.5 Å². The summed E-state index contributed by atoms with van der Waals surface area (Å²) in [6.07, 6.45) is 5.03. The predicted molar refractivity (Wildman–Crippen MR) is 94.0 cm³/mol. The SMILES string of the molecule is COc1ccc(S(=O)(=O)N2CCC(n3cc(C4CC4)nn3)C2)cc1OC. The first kappa shape index (κ1) is 17.3. The van der Waals surface area contributed by atoms with Gasteiger partial charge in [0.1, 0.15) is 0 Å². The van der Waals surface area contributed by atoms with Gasteiger partial charge in [0.2, 0.25) is 10.0 Å². The van der Waals surface area contributed by atoms with Crippen LogP contribution in [0.3, 0.4) is 0 Å². The minimum atomic E-state index is -3.60. The maximum Gasteiger partial charge on any atom is 0.243 e. The maximum absolute atomic E-state index is 13.0. The van der Waals surface area contributed by atoms with E-state index in [1.807, 2.05) is 10.9 Å². The Morgan fingerprint density at radius 3 is 2.58 bits per heavy atom. The molecule has 2 heterocycles. The van der Waals surface area contributed by atoms with E-state index in [1.54, 1.807) is 12.1 Å². The minimum absolute atomic E-state index is 0.0184. The van der Waals surface area contributed by atoms with E-state index in [9.17, 15) is 8.42 Å². The van der Waals surface area contributed by atoms with Gasteiger partial charge in [0.05, 0.1) is 30.9 Å². The van der Waals surface area contributed by atoms with E-state index >= 15 is 0 Å². The van der Waals surface area contributed by atoms with Crippen molar-refractivity contribution in [3.63, 3.8) is 0 Å². The largest absolute Gasteiger partial charge is 0.493 e. The summed E-state index contributed by atoms with van der Waals surface area (Å²) in [6.45, 7) is 0.851. The second-order valence-electron chi connectivity index (χ2n) is 6.72. The second kappa shape index (κ2) is 6.55. The van der Waals surface area contributed by atoms with Gasteiger partial charge >= 0.3 is 0 Å². The molecule has 4 rings (SSSR count). The summed E-state index contributed by atoms with van der Waals surface area (Å²) in [4.78, 5) is 0.202. The number of hydrogen-bond acceptors (Lipinski definition) is 6. The lowest BCUT2D eigenvalue weighted by Gasteiger charge is -2.17. The Hall–Kier alpha value is -2.13. The first-order valence-corrected chi connectivity index (χ1v) is 10.1. The Balaban J connectivity index is 1.53. The molecule has 8 nitrogen and oxygen atoms in total. The smallest absolute Gasteiger partial charge is 0.243 e. The van der Waals surface area contributed by atoms with Crippen LogP contribution in [0, 0.1) is 0 Å². The fourth-order valence-electron chi connectivity index (χ4n) is 3.31. The maximum atomic E-state index is 13.0. The van der Waals surface area contributed by atoms with E-state index in [0.29, 0.717) is 30.5 Å². The molecule has 0 spiro atoms. The van der Waals surface area contributed by atoms with E-state index in [2.05, 4.69) is 10.3 Å². The van der Waals surface area contributed by atoms with Crippen molar-refractivity contribution in [2.45, 2.75) is 36.1 Å². The van der Waals surface area contributed by atoms with Gasteiger partial charge in [-0.1, -0.05) is 5.21 Å². The molecule has 1 unspecified atom stereocenters. The quantitative estimate of drug-likeness (QED) is 0.762. The normalized spacial score (nSPS) is 21.1. The molecule has 1 aliphatic heterocycles. The summed E-state index contributed by atoms with van der Waals surface area (Å²) in [7, 11) is -0.591. The molecule has 140 valence electrons. The van der Waals surface area contributed by atoms with Crippen molar-refractivity contribution in [2.75, 3.05) is 27.3 Å². The molecule has 1 saturated heterocycles. The molecule has 1 aromatic heterocycles. The third-order valence-corrected chi connectivity index (χ3v) is 6.88. The van der Waals surface area contributed by atoms with Gasteiger partial charge < -0.3 is 9.47 Å². The summed E-state index contributed by atoms with van der Waals surface area (Å²) < 4.78 is 39.7. The number of nitrogens with zero attached hydrogens (tertiary/aromatic N) is 4. The second-order valence-corrected chi connectivity index (χ2v) is 8.66. The van der Waals surface area contributed by atoms with Crippen molar-refractivity contribution in [1.82, 2.24) is 19.3 Å². The average Bonchev–Trinajstić information content (AvgIpc) is 3.18. The Morgan fingerprint density at radius 1 is 1.12 bits per heavy atom. The van der Waals surface area contributed by atoms with Crippen molar-refractivity contribution in [1.29, 1.82) is 0 Å². The van der Waals surface area contributed by atoms with Gasteiger partial charge in [-0.2, -0.15) is 4.31 Å². The zero-order valence-corrected chi connectivity index (χ0v) is 15.6. The first-order chi connectivity index (χ1) is 12.5. The summed E-state index contributed by atoms with van der Waals surface area (Å²) in [5, 5.41) is 8.43. The molecular formula is C17H22N4O4S. The number of methoxy groups -OCH3 is 2. The lowest BCUT2D eigenvalue weighted by molar-refractivity contribution is 0.353. The first-order valence-electron chi connectivity index (χ1n) is 8.67. The summed E-state index contributed by atoms with van der Waals surface area (Å²) in [5.74, 6) is 1.44. The van der Waals surface area contributed by atoms with Gasteiger partial charge in [-0.3, -0.25) is 0 Å². The highest BCUT2D eigenvalue weighted by Gasteiger charge is 2.35. The fraction of sp³-hybridized carbons (Fsp3) is 0.529. The van der Waals surface area contributed by atoms with Crippen LogP contribution in [0.1, 0.15) is 36.9 Å². The van der Waals surface area contributed by atoms with Gasteiger partial charge in [0, 0.05) is 31.3 Å². The van der Waals surface area contributed by atoms with Crippen molar-refractivity contribution >= 4 is 10.0 Å². The molecule has 1 saturated carbocycles. The number of rotatable bonds is 6. The van der Waals surface area contributed by atoms with Crippen LogP contribution < -0.4 is 9.47 Å². The van der Waals surface area contributed by atoms with E-state index < -0.39 is 10.0 Å². The predicted octanol–water partition coefficient (Wildman–Crippen LogP) is 1.81. The molecule has 9 heteroatoms. The molecule has 1 aliphatic carbocycles. The highest BCUT2D eigenvalue weighted by Crippen LogP contribution is 2.39. The molecule has 0 radical (unpaired) electrons. The highest BCUT2D eigenvalue weighted by atomic mass is 32.2. The van der Waals surface area contributed by atoms with E-state index in [1.165, 1.54) is 37.4 Å². The number of aromatic nitrogens is 3. The Bertz CT molecular complexity index is 907. The van der Waals surface area contributed by atoms with Crippen LogP contribution in [0.5, 0.6) is 11.5 Å². The molecule has 2 aromatic rings. The zero-order valence-electron chi connectivity index (χ0n) is 14.8. The summed E-state index contributed by atoms with van der Waals surface area (Å²) in [6, 6.07) is 4.68. The van der Waals surface area contributed by atoms with Crippen LogP contribution in [0.25, 0.3) is 0 Å². The van der Waals surface area contributed by atoms with Gasteiger partial charge in [-0.25, -0.2) is 13.1 Å². The van der Waals surface area contributed by atoms with Crippen LogP contribution >= 0.6 is 0 Å². The van der Waals surface area contributed by atoms with Crippen LogP contribution in [0.2, 0.25) is 0 Å². The topological polar surface area (TPSA) is 86.6 Å². The number of hydrogen-bond donors (Lipinski definition) is 0. The minimum Gasteiger partial charge on any atom is -0.493 e. The average molecular weight is 378 g/mol. The zero-order chi connectivity index (χ0) is 18.3. The van der Waals surface area contributed by atoms with E-state index in [-0.39, 0.29) is 10.9 Å². The van der Waals surface area contributed by atoms with Crippen LogP contribution in [0.4, 0.5) is 0 Å². The molecule has 2 fully saturated rings. The molecule has 1 atom stereocenters. The van der Waals surface area contributed by atoms with Gasteiger partial charge in [-0.05, 0) is 31.4 Å². The van der Waals surface area contributed by atoms with Crippen LogP contribution in [-0.4, -0.2) is 55.0 Å². The van der Waals surface area contributed by atoms with Crippen LogP contribution in [-0.2, 0) is 10.0 Å². The summed E-state index contributed by atoms with van der Waals surface area (Å²) >= 11 is 0. The number of ether oxygens (including phenoxy) is 2. The molecule has 1 aromatic carbocycles. The fourth-order valence-corrected chi connectivity index (χ4v) is 4.81. The number of sulfonamides is 1. The Morgan fingerprint density at radius 2 is 1.88 bits per heavy atom. The third kappa shape index (κ3) is 3.05. The third-order valence-electron chi connectivity index (χ3n) is 5.02. The molecule has 0 N–H and O–H groups in total. The molecule has 2 aliphatic rings. The molecule has 0 amide bonds.